The number of benzene rings is 2. The summed E-state index contributed by atoms with van der Waals surface area (Å²) in [4.78, 5) is 35.7. The summed E-state index contributed by atoms with van der Waals surface area (Å²) >= 11 is 0. The normalized spacial score (nSPS) is 10.6. The minimum atomic E-state index is -0.909. The second kappa shape index (κ2) is 11.3. The first kappa shape index (κ1) is 23.3. The van der Waals surface area contributed by atoms with Crippen molar-refractivity contribution in [3.8, 4) is 5.75 Å². The van der Waals surface area contributed by atoms with Crippen molar-refractivity contribution < 1.29 is 23.5 Å². The molecule has 170 valence electrons. The summed E-state index contributed by atoms with van der Waals surface area (Å²) in [6.45, 7) is 3.85. The molecule has 0 bridgehead atoms. The van der Waals surface area contributed by atoms with Gasteiger partial charge in [0.15, 0.2) is 6.61 Å². The molecule has 1 aromatic heterocycles. The van der Waals surface area contributed by atoms with E-state index in [1.807, 2.05) is 32.0 Å². The van der Waals surface area contributed by atoms with Crippen LogP contribution >= 0.6 is 0 Å². The molecule has 9 heteroatoms. The summed E-state index contributed by atoms with van der Waals surface area (Å²) in [5.41, 5.74) is 5.59. The van der Waals surface area contributed by atoms with Gasteiger partial charge >= 0.3 is 11.8 Å². The van der Waals surface area contributed by atoms with Crippen LogP contribution in [0.5, 0.6) is 5.75 Å². The van der Waals surface area contributed by atoms with Crippen molar-refractivity contribution in [2.24, 2.45) is 5.10 Å². The largest absolute Gasteiger partial charge is 0.484 e. The molecule has 0 unspecified atom stereocenters. The second-order valence-corrected chi connectivity index (χ2v) is 7.25. The van der Waals surface area contributed by atoms with Gasteiger partial charge in [0.1, 0.15) is 11.5 Å². The van der Waals surface area contributed by atoms with Gasteiger partial charge in [-0.25, -0.2) is 5.43 Å². The lowest BCUT2D eigenvalue weighted by Gasteiger charge is -2.09. The predicted octanol–water partition coefficient (Wildman–Crippen LogP) is 2.68. The van der Waals surface area contributed by atoms with E-state index in [0.717, 1.165) is 11.1 Å². The van der Waals surface area contributed by atoms with Gasteiger partial charge in [0.05, 0.1) is 19.0 Å². The van der Waals surface area contributed by atoms with Crippen molar-refractivity contribution in [2.75, 3.05) is 11.9 Å². The van der Waals surface area contributed by atoms with Crippen LogP contribution in [-0.4, -0.2) is 30.5 Å². The monoisotopic (exact) mass is 448 g/mol. The molecular formula is C24H24N4O5. The number of nitrogens with zero attached hydrogens (tertiary/aromatic N) is 1. The molecule has 0 saturated heterocycles. The van der Waals surface area contributed by atoms with Gasteiger partial charge in [0, 0.05) is 5.69 Å². The molecule has 3 amide bonds. The van der Waals surface area contributed by atoms with Crippen molar-refractivity contribution >= 4 is 29.6 Å². The maximum absolute atomic E-state index is 12.2. The number of amides is 3. The lowest BCUT2D eigenvalue weighted by Crippen LogP contribution is -2.37. The van der Waals surface area contributed by atoms with Gasteiger partial charge in [0.25, 0.3) is 5.91 Å². The number of anilines is 1. The Morgan fingerprint density at radius 2 is 1.79 bits per heavy atom. The van der Waals surface area contributed by atoms with Gasteiger partial charge in [-0.05, 0) is 66.9 Å². The lowest BCUT2D eigenvalue weighted by atomic mass is 10.1. The summed E-state index contributed by atoms with van der Waals surface area (Å²) in [6.07, 6.45) is 2.83. The molecule has 0 aliphatic heterocycles. The lowest BCUT2D eigenvalue weighted by molar-refractivity contribution is -0.139. The van der Waals surface area contributed by atoms with E-state index in [-0.39, 0.29) is 19.1 Å². The summed E-state index contributed by atoms with van der Waals surface area (Å²) in [7, 11) is 0. The Labute approximate surface area is 190 Å². The highest BCUT2D eigenvalue weighted by molar-refractivity contribution is 6.35. The van der Waals surface area contributed by atoms with Crippen LogP contribution in [0.2, 0.25) is 0 Å². The van der Waals surface area contributed by atoms with E-state index < -0.39 is 11.8 Å². The third kappa shape index (κ3) is 7.66. The summed E-state index contributed by atoms with van der Waals surface area (Å²) < 4.78 is 10.6. The SMILES string of the molecule is Cc1cc(C)cc(NC(=O)COc2cccc(/C=N\NC(=O)C(=O)NCc3ccco3)c2)c1. The highest BCUT2D eigenvalue weighted by atomic mass is 16.5. The fraction of sp³-hybridized carbons (Fsp3) is 0.167. The number of ether oxygens (including phenoxy) is 1. The van der Waals surface area contributed by atoms with Crippen LogP contribution in [0.1, 0.15) is 22.5 Å². The van der Waals surface area contributed by atoms with E-state index in [4.69, 9.17) is 9.15 Å². The fourth-order valence-corrected chi connectivity index (χ4v) is 2.95. The molecule has 3 N–H and O–H groups in total. The molecule has 3 rings (SSSR count). The van der Waals surface area contributed by atoms with Crippen molar-refractivity contribution in [1.29, 1.82) is 0 Å². The van der Waals surface area contributed by atoms with E-state index >= 15 is 0 Å². The number of aryl methyl sites for hydroxylation is 2. The number of hydrazone groups is 1. The number of hydrogen-bond acceptors (Lipinski definition) is 6. The Kier molecular flexibility index (Phi) is 7.96. The summed E-state index contributed by atoms with van der Waals surface area (Å²) in [6, 6.07) is 15.9. The first-order valence-corrected chi connectivity index (χ1v) is 10.1. The molecule has 0 radical (unpaired) electrons. The smallest absolute Gasteiger partial charge is 0.329 e. The Balaban J connectivity index is 1.45. The maximum atomic E-state index is 12.2. The van der Waals surface area contributed by atoms with Gasteiger partial charge in [-0.2, -0.15) is 5.10 Å². The zero-order valence-corrected chi connectivity index (χ0v) is 18.3. The third-order valence-electron chi connectivity index (χ3n) is 4.32. The molecule has 0 saturated carbocycles. The molecule has 3 aromatic rings. The van der Waals surface area contributed by atoms with E-state index in [1.165, 1.54) is 12.5 Å². The molecule has 0 spiro atoms. The van der Waals surface area contributed by atoms with E-state index in [1.54, 1.807) is 36.4 Å². The number of furan rings is 1. The predicted molar refractivity (Wildman–Crippen MR) is 123 cm³/mol. The van der Waals surface area contributed by atoms with Crippen LogP contribution in [0, 0.1) is 13.8 Å². The first-order chi connectivity index (χ1) is 15.9. The van der Waals surface area contributed by atoms with Gasteiger partial charge in [0.2, 0.25) is 0 Å². The second-order valence-electron chi connectivity index (χ2n) is 7.25. The highest BCUT2D eigenvalue weighted by Crippen LogP contribution is 2.15. The summed E-state index contributed by atoms with van der Waals surface area (Å²) in [5.74, 6) is -1.05. The zero-order valence-electron chi connectivity index (χ0n) is 18.3. The van der Waals surface area contributed by atoms with Crippen molar-refractivity contribution in [1.82, 2.24) is 10.7 Å². The fourth-order valence-electron chi connectivity index (χ4n) is 2.95. The molecule has 33 heavy (non-hydrogen) atoms. The Morgan fingerprint density at radius 3 is 2.52 bits per heavy atom. The number of carbonyl (C=O) groups excluding carboxylic acids is 3. The number of rotatable bonds is 8. The summed E-state index contributed by atoms with van der Waals surface area (Å²) in [5, 5.41) is 8.99. The molecule has 9 nitrogen and oxygen atoms in total. The Morgan fingerprint density at radius 1 is 1.00 bits per heavy atom. The van der Waals surface area contributed by atoms with Crippen LogP contribution in [0.25, 0.3) is 0 Å². The maximum Gasteiger partial charge on any atom is 0.329 e. The minimum absolute atomic E-state index is 0.0966. The van der Waals surface area contributed by atoms with Gasteiger partial charge in [-0.15, -0.1) is 0 Å². The van der Waals surface area contributed by atoms with Crippen molar-refractivity contribution in [2.45, 2.75) is 20.4 Å². The minimum Gasteiger partial charge on any atom is -0.484 e. The van der Waals surface area contributed by atoms with Crippen LogP contribution in [0.3, 0.4) is 0 Å². The molecule has 0 aliphatic rings. The van der Waals surface area contributed by atoms with E-state index in [9.17, 15) is 14.4 Å². The van der Waals surface area contributed by atoms with Crippen LogP contribution in [-0.2, 0) is 20.9 Å². The quantitative estimate of drug-likeness (QED) is 0.278. The number of nitrogens with one attached hydrogen (secondary N) is 3. The van der Waals surface area contributed by atoms with Crippen molar-refractivity contribution in [3.05, 3.63) is 83.3 Å². The van der Waals surface area contributed by atoms with Crippen LogP contribution < -0.4 is 20.8 Å². The zero-order chi connectivity index (χ0) is 23.6. The number of carbonyl (C=O) groups is 3. The van der Waals surface area contributed by atoms with Crippen LogP contribution in [0.15, 0.2) is 70.4 Å². The molecular weight excluding hydrogens is 424 g/mol. The third-order valence-corrected chi connectivity index (χ3v) is 4.32. The standard InChI is InChI=1S/C24H24N4O5/c1-16-9-17(2)11-19(10-16)27-22(29)15-33-20-6-3-5-18(12-20)13-26-28-24(31)23(30)25-14-21-7-4-8-32-21/h3-13H,14-15H2,1-2H3,(H,25,30)(H,27,29)(H,28,31)/b26-13-. The molecule has 1 heterocycles. The Hall–Kier alpha value is -4.40. The molecule has 0 atom stereocenters. The first-order valence-electron chi connectivity index (χ1n) is 10.1. The van der Waals surface area contributed by atoms with Gasteiger partial charge in [-0.1, -0.05) is 18.2 Å². The molecule has 2 aromatic carbocycles. The molecule has 0 aliphatic carbocycles. The van der Waals surface area contributed by atoms with Crippen molar-refractivity contribution in [3.63, 3.8) is 0 Å². The van der Waals surface area contributed by atoms with Gasteiger partial charge < -0.3 is 19.8 Å². The Bertz CT molecular complexity index is 1140. The van der Waals surface area contributed by atoms with E-state index in [0.29, 0.717) is 22.8 Å². The van der Waals surface area contributed by atoms with Crippen LogP contribution in [0.4, 0.5) is 5.69 Å². The van der Waals surface area contributed by atoms with Gasteiger partial charge in [-0.3, -0.25) is 14.4 Å². The average molecular weight is 448 g/mol. The highest BCUT2D eigenvalue weighted by Gasteiger charge is 2.12. The molecule has 0 fully saturated rings. The average Bonchev–Trinajstić information content (AvgIpc) is 3.29. The van der Waals surface area contributed by atoms with E-state index in [2.05, 4.69) is 21.2 Å². The topological polar surface area (TPSA) is 122 Å². The number of hydrogen-bond donors (Lipinski definition) is 3.